The molecule has 0 bridgehead atoms. The van der Waals surface area contributed by atoms with Crippen LogP contribution in [0.2, 0.25) is 5.02 Å². The van der Waals surface area contributed by atoms with E-state index in [4.69, 9.17) is 25.5 Å². The highest BCUT2D eigenvalue weighted by Crippen LogP contribution is 2.36. The molecule has 0 aliphatic heterocycles. The Hall–Kier alpha value is -3.10. The molecule has 0 fully saturated rings. The molecule has 7 nitrogen and oxygen atoms in total. The van der Waals surface area contributed by atoms with Crippen molar-refractivity contribution < 1.29 is 18.7 Å². The summed E-state index contributed by atoms with van der Waals surface area (Å²) in [5.74, 6) is 0.937. The number of rotatable bonds is 5. The fourth-order valence-corrected chi connectivity index (χ4v) is 4.09. The normalized spacial score (nSPS) is 10.8. The number of benzene rings is 2. The quantitative estimate of drug-likeness (QED) is 0.500. The van der Waals surface area contributed by atoms with E-state index in [1.165, 1.54) is 18.4 Å². The van der Waals surface area contributed by atoms with Gasteiger partial charge in [0.1, 0.15) is 4.88 Å². The van der Waals surface area contributed by atoms with Crippen molar-refractivity contribution in [2.24, 2.45) is 0 Å². The van der Waals surface area contributed by atoms with Crippen LogP contribution in [0.1, 0.15) is 9.67 Å². The molecule has 1 amide bonds. The van der Waals surface area contributed by atoms with Gasteiger partial charge in [-0.25, -0.2) is 0 Å². The molecule has 4 rings (SSSR count). The van der Waals surface area contributed by atoms with Gasteiger partial charge in [-0.3, -0.25) is 10.1 Å². The molecule has 0 aliphatic rings. The molecule has 28 heavy (non-hydrogen) atoms. The van der Waals surface area contributed by atoms with Gasteiger partial charge < -0.3 is 13.9 Å². The first-order chi connectivity index (χ1) is 13.6. The Kier molecular flexibility index (Phi) is 4.89. The number of amides is 1. The van der Waals surface area contributed by atoms with E-state index in [0.29, 0.717) is 27.0 Å². The summed E-state index contributed by atoms with van der Waals surface area (Å²) in [6, 6.07) is 12.7. The molecule has 0 aliphatic carbocycles. The largest absolute Gasteiger partial charge is 0.493 e. The smallest absolute Gasteiger partial charge is 0.322 e. The third-order valence-electron chi connectivity index (χ3n) is 4.02. The van der Waals surface area contributed by atoms with E-state index in [0.717, 1.165) is 10.1 Å². The van der Waals surface area contributed by atoms with Crippen molar-refractivity contribution in [3.63, 3.8) is 0 Å². The van der Waals surface area contributed by atoms with Gasteiger partial charge in [0.2, 0.25) is 5.89 Å². The Balaban J connectivity index is 1.58. The second kappa shape index (κ2) is 7.49. The molecule has 0 spiro atoms. The van der Waals surface area contributed by atoms with Crippen LogP contribution in [0.15, 0.2) is 46.9 Å². The third-order valence-corrected chi connectivity index (χ3v) is 5.69. The topological polar surface area (TPSA) is 86.5 Å². The minimum absolute atomic E-state index is 0.0247. The number of nitrogens with zero attached hydrogens (tertiary/aromatic N) is 2. The molecule has 2 aromatic heterocycles. The van der Waals surface area contributed by atoms with Gasteiger partial charge in [-0.05, 0) is 24.3 Å². The van der Waals surface area contributed by atoms with Gasteiger partial charge in [0, 0.05) is 15.6 Å². The number of methoxy groups -OCH3 is 2. The van der Waals surface area contributed by atoms with Gasteiger partial charge in [-0.15, -0.1) is 16.4 Å². The first kappa shape index (κ1) is 18.3. The fourth-order valence-electron chi connectivity index (χ4n) is 2.67. The standard InChI is InChI=1S/C19H14ClN3O4S/c1-25-12-8-7-10(9-13(12)26-2)18-22-23-19(27-18)21-17(24)16-15(20)11-5-3-4-6-14(11)28-16/h3-9H,1-2H3,(H,21,23,24). The molecule has 142 valence electrons. The van der Waals surface area contributed by atoms with Crippen LogP contribution in [0, 0.1) is 0 Å². The number of carbonyl (C=O) groups excluding carboxylic acids is 1. The molecule has 0 atom stereocenters. The van der Waals surface area contributed by atoms with E-state index in [9.17, 15) is 4.79 Å². The lowest BCUT2D eigenvalue weighted by Crippen LogP contribution is -2.10. The summed E-state index contributed by atoms with van der Waals surface area (Å²) in [5.41, 5.74) is 0.630. The lowest BCUT2D eigenvalue weighted by atomic mass is 10.2. The van der Waals surface area contributed by atoms with E-state index in [1.54, 1.807) is 25.3 Å². The van der Waals surface area contributed by atoms with Crippen LogP contribution in [-0.2, 0) is 0 Å². The number of carbonyl (C=O) groups is 1. The maximum Gasteiger partial charge on any atom is 0.322 e. The molecule has 0 saturated heterocycles. The zero-order valence-electron chi connectivity index (χ0n) is 14.9. The predicted molar refractivity (Wildman–Crippen MR) is 108 cm³/mol. The van der Waals surface area contributed by atoms with Gasteiger partial charge in [0.15, 0.2) is 11.5 Å². The number of hydrogen-bond acceptors (Lipinski definition) is 7. The van der Waals surface area contributed by atoms with Crippen molar-refractivity contribution in [1.82, 2.24) is 10.2 Å². The van der Waals surface area contributed by atoms with E-state index < -0.39 is 5.91 Å². The van der Waals surface area contributed by atoms with Crippen LogP contribution >= 0.6 is 22.9 Å². The Morgan fingerprint density at radius 3 is 2.64 bits per heavy atom. The number of aromatic nitrogens is 2. The Labute approximate surface area is 168 Å². The molecular weight excluding hydrogens is 402 g/mol. The Morgan fingerprint density at radius 2 is 1.89 bits per heavy atom. The first-order valence-electron chi connectivity index (χ1n) is 8.15. The maximum atomic E-state index is 12.6. The second-order valence-electron chi connectivity index (χ2n) is 5.68. The summed E-state index contributed by atoms with van der Waals surface area (Å²) < 4.78 is 17.0. The predicted octanol–water partition coefficient (Wildman–Crippen LogP) is 4.87. The van der Waals surface area contributed by atoms with E-state index >= 15 is 0 Å². The van der Waals surface area contributed by atoms with Crippen molar-refractivity contribution in [1.29, 1.82) is 0 Å². The number of ether oxygens (including phenoxy) is 2. The lowest BCUT2D eigenvalue weighted by molar-refractivity contribution is 0.102. The molecule has 0 saturated carbocycles. The summed E-state index contributed by atoms with van der Waals surface area (Å²) in [5, 5.41) is 11.7. The number of thiophene rings is 1. The molecule has 2 heterocycles. The third kappa shape index (κ3) is 3.28. The molecule has 2 aromatic carbocycles. The van der Waals surface area contributed by atoms with Gasteiger partial charge in [0.25, 0.3) is 5.91 Å². The zero-order valence-corrected chi connectivity index (χ0v) is 16.4. The monoisotopic (exact) mass is 415 g/mol. The van der Waals surface area contributed by atoms with Crippen molar-refractivity contribution >= 4 is 44.9 Å². The zero-order chi connectivity index (χ0) is 19.7. The molecule has 9 heteroatoms. The van der Waals surface area contributed by atoms with Gasteiger partial charge in [-0.1, -0.05) is 34.9 Å². The van der Waals surface area contributed by atoms with E-state index in [1.807, 2.05) is 24.3 Å². The van der Waals surface area contributed by atoms with Crippen molar-refractivity contribution in [2.45, 2.75) is 0 Å². The average molecular weight is 416 g/mol. The highest BCUT2D eigenvalue weighted by Gasteiger charge is 2.20. The Bertz CT molecular complexity index is 1170. The van der Waals surface area contributed by atoms with Crippen LogP contribution in [0.4, 0.5) is 6.01 Å². The molecule has 0 unspecified atom stereocenters. The lowest BCUT2D eigenvalue weighted by Gasteiger charge is -2.07. The van der Waals surface area contributed by atoms with E-state index in [2.05, 4.69) is 15.5 Å². The molecule has 1 N–H and O–H groups in total. The first-order valence-corrected chi connectivity index (χ1v) is 9.34. The van der Waals surface area contributed by atoms with Crippen LogP contribution in [-0.4, -0.2) is 30.3 Å². The molecule has 4 aromatic rings. The van der Waals surface area contributed by atoms with Gasteiger partial charge >= 0.3 is 6.01 Å². The number of halogens is 1. The number of nitrogens with one attached hydrogen (secondary N) is 1. The summed E-state index contributed by atoms with van der Waals surface area (Å²) in [6.07, 6.45) is 0. The summed E-state index contributed by atoms with van der Waals surface area (Å²) in [7, 11) is 3.09. The van der Waals surface area contributed by atoms with Crippen LogP contribution in [0.3, 0.4) is 0 Å². The summed E-state index contributed by atoms with van der Waals surface area (Å²) >= 11 is 7.64. The van der Waals surface area contributed by atoms with Crippen molar-refractivity contribution in [3.8, 4) is 23.0 Å². The van der Waals surface area contributed by atoms with Crippen molar-refractivity contribution in [3.05, 3.63) is 52.4 Å². The van der Waals surface area contributed by atoms with Gasteiger partial charge in [-0.2, -0.15) is 0 Å². The van der Waals surface area contributed by atoms with Crippen LogP contribution in [0.5, 0.6) is 11.5 Å². The second-order valence-corrected chi connectivity index (χ2v) is 7.11. The molecule has 0 radical (unpaired) electrons. The summed E-state index contributed by atoms with van der Waals surface area (Å²) in [6.45, 7) is 0. The molecular formula is C19H14ClN3O4S. The van der Waals surface area contributed by atoms with E-state index in [-0.39, 0.29) is 11.9 Å². The number of anilines is 1. The van der Waals surface area contributed by atoms with Crippen LogP contribution < -0.4 is 14.8 Å². The summed E-state index contributed by atoms with van der Waals surface area (Å²) in [4.78, 5) is 13.0. The average Bonchev–Trinajstić information content (AvgIpc) is 3.32. The highest BCUT2D eigenvalue weighted by molar-refractivity contribution is 7.21. The van der Waals surface area contributed by atoms with Gasteiger partial charge in [0.05, 0.1) is 19.2 Å². The Morgan fingerprint density at radius 1 is 1.11 bits per heavy atom. The SMILES string of the molecule is COc1ccc(-c2nnc(NC(=O)c3sc4ccccc4c3Cl)o2)cc1OC. The minimum Gasteiger partial charge on any atom is -0.493 e. The maximum absolute atomic E-state index is 12.6. The fraction of sp³-hybridized carbons (Fsp3) is 0.105. The number of hydrogen-bond donors (Lipinski definition) is 1. The van der Waals surface area contributed by atoms with Crippen molar-refractivity contribution in [2.75, 3.05) is 19.5 Å². The highest BCUT2D eigenvalue weighted by atomic mass is 35.5. The van der Waals surface area contributed by atoms with Crippen LogP contribution in [0.25, 0.3) is 21.5 Å². The number of fused-ring (bicyclic) bond motifs is 1. The minimum atomic E-state index is -0.409.